The van der Waals surface area contributed by atoms with Crippen LogP contribution in [0, 0.1) is 4.91 Å². The molecule has 0 aromatic heterocycles. The summed E-state index contributed by atoms with van der Waals surface area (Å²) in [6.45, 7) is 0. The van der Waals surface area contributed by atoms with Crippen LogP contribution in [0.15, 0.2) is 23.4 Å². The minimum Gasteiger partial charge on any atom is -0.506 e. The predicted molar refractivity (Wildman–Crippen MR) is 40.2 cm³/mol. The van der Waals surface area contributed by atoms with Crippen LogP contribution in [0.5, 0.6) is 11.5 Å². The molecule has 7 heteroatoms. The number of hydrogen-bond acceptors (Lipinski definition) is 4. The van der Waals surface area contributed by atoms with E-state index in [1.54, 1.807) is 0 Å². The fraction of sp³-hybridized carbons (Fsp3) is 0.143. The predicted octanol–water partition coefficient (Wildman–Crippen LogP) is 2.69. The molecule has 0 aliphatic rings. The monoisotopic (exact) mass is 207 g/mol. The number of rotatable bonds is 2. The summed E-state index contributed by atoms with van der Waals surface area (Å²) in [6.07, 6.45) is -4.84. The van der Waals surface area contributed by atoms with Gasteiger partial charge in [-0.05, 0) is 17.3 Å². The van der Waals surface area contributed by atoms with Gasteiger partial charge in [0.15, 0.2) is 5.69 Å². The van der Waals surface area contributed by atoms with E-state index in [1.807, 2.05) is 0 Å². The molecule has 0 unspecified atom stereocenters. The number of benzene rings is 1. The topological polar surface area (TPSA) is 58.9 Å². The number of aromatic hydroxyl groups is 1. The largest absolute Gasteiger partial charge is 0.573 e. The zero-order valence-electron chi connectivity index (χ0n) is 6.58. The molecule has 0 saturated heterocycles. The second-order valence-corrected chi connectivity index (χ2v) is 2.29. The van der Waals surface area contributed by atoms with Crippen LogP contribution in [0.3, 0.4) is 0 Å². The Balaban J connectivity index is 2.95. The maximum Gasteiger partial charge on any atom is 0.573 e. The third-order valence-electron chi connectivity index (χ3n) is 1.28. The molecule has 0 bridgehead atoms. The number of phenolic OH excluding ortho intramolecular Hbond substituents is 1. The highest BCUT2D eigenvalue weighted by Crippen LogP contribution is 2.32. The molecule has 76 valence electrons. The molecule has 0 aliphatic heterocycles. The van der Waals surface area contributed by atoms with E-state index in [-0.39, 0.29) is 0 Å². The van der Waals surface area contributed by atoms with Gasteiger partial charge in [0.25, 0.3) is 0 Å². The molecule has 14 heavy (non-hydrogen) atoms. The van der Waals surface area contributed by atoms with Crippen molar-refractivity contribution in [2.24, 2.45) is 5.18 Å². The van der Waals surface area contributed by atoms with Crippen molar-refractivity contribution in [2.45, 2.75) is 6.36 Å². The molecule has 0 atom stereocenters. The molecule has 1 aromatic rings. The number of nitroso groups, excluding NO2 is 1. The van der Waals surface area contributed by atoms with Crippen LogP contribution >= 0.6 is 0 Å². The molecule has 0 spiro atoms. The minimum absolute atomic E-state index is 0.505. The van der Waals surface area contributed by atoms with Gasteiger partial charge in [0.1, 0.15) is 11.5 Å². The smallest absolute Gasteiger partial charge is 0.506 e. The SMILES string of the molecule is O=Nc1cc(OC(F)(F)F)ccc1O. The van der Waals surface area contributed by atoms with E-state index in [1.165, 1.54) is 0 Å². The summed E-state index contributed by atoms with van der Waals surface area (Å²) in [5.41, 5.74) is -0.508. The highest BCUT2D eigenvalue weighted by atomic mass is 19.4. The van der Waals surface area contributed by atoms with Crippen molar-refractivity contribution < 1.29 is 23.0 Å². The number of ether oxygens (including phenoxy) is 1. The third-order valence-corrected chi connectivity index (χ3v) is 1.28. The Morgan fingerprint density at radius 2 is 2.00 bits per heavy atom. The van der Waals surface area contributed by atoms with Crippen molar-refractivity contribution in [2.75, 3.05) is 0 Å². The fourth-order valence-electron chi connectivity index (χ4n) is 0.773. The molecular formula is C7H4F3NO3. The van der Waals surface area contributed by atoms with Gasteiger partial charge in [-0.2, -0.15) is 0 Å². The van der Waals surface area contributed by atoms with Crippen molar-refractivity contribution in [3.8, 4) is 11.5 Å². The Kier molecular flexibility index (Phi) is 2.59. The van der Waals surface area contributed by atoms with Crippen LogP contribution in [0.1, 0.15) is 0 Å². The number of halogens is 3. The molecule has 1 aromatic carbocycles. The molecule has 1 N–H and O–H groups in total. The van der Waals surface area contributed by atoms with E-state index in [4.69, 9.17) is 5.11 Å². The van der Waals surface area contributed by atoms with E-state index in [9.17, 15) is 18.1 Å². The maximum atomic E-state index is 11.7. The lowest BCUT2D eigenvalue weighted by molar-refractivity contribution is -0.274. The minimum atomic E-state index is -4.84. The lowest BCUT2D eigenvalue weighted by Gasteiger charge is -2.08. The second kappa shape index (κ2) is 3.52. The molecule has 0 saturated carbocycles. The summed E-state index contributed by atoms with van der Waals surface area (Å²) in [5.74, 6) is -1.11. The molecule has 4 nitrogen and oxygen atoms in total. The molecule has 0 fully saturated rings. The standard InChI is InChI=1S/C7H4F3NO3/c8-7(9,10)14-4-1-2-6(12)5(3-4)11-13/h1-3,12H. The molecule has 1 rings (SSSR count). The first-order valence-corrected chi connectivity index (χ1v) is 3.34. The first-order valence-electron chi connectivity index (χ1n) is 3.34. The average Bonchev–Trinajstić information content (AvgIpc) is 2.06. The van der Waals surface area contributed by atoms with Gasteiger partial charge in [0.05, 0.1) is 0 Å². The summed E-state index contributed by atoms with van der Waals surface area (Å²) in [4.78, 5) is 10.00. The first kappa shape index (κ1) is 10.3. The maximum absolute atomic E-state index is 11.7. The van der Waals surface area contributed by atoms with Crippen molar-refractivity contribution >= 4 is 5.69 Å². The van der Waals surface area contributed by atoms with Gasteiger partial charge < -0.3 is 9.84 Å². The zero-order chi connectivity index (χ0) is 10.8. The lowest BCUT2D eigenvalue weighted by atomic mass is 10.3. The van der Waals surface area contributed by atoms with Crippen LogP contribution in [-0.2, 0) is 0 Å². The summed E-state index contributed by atoms with van der Waals surface area (Å²) in [7, 11) is 0. The molecule has 0 amide bonds. The van der Waals surface area contributed by atoms with Crippen LogP contribution in [0.25, 0.3) is 0 Å². The Morgan fingerprint density at radius 3 is 2.50 bits per heavy atom. The van der Waals surface area contributed by atoms with E-state index in [0.29, 0.717) is 6.07 Å². The fourth-order valence-corrected chi connectivity index (χ4v) is 0.773. The Bertz CT molecular complexity index is 351. The van der Waals surface area contributed by atoms with Crippen molar-refractivity contribution in [3.05, 3.63) is 23.1 Å². The van der Waals surface area contributed by atoms with E-state index >= 15 is 0 Å². The van der Waals surface area contributed by atoms with Gasteiger partial charge >= 0.3 is 6.36 Å². The quantitative estimate of drug-likeness (QED) is 0.758. The van der Waals surface area contributed by atoms with Gasteiger partial charge in [-0.3, -0.25) is 0 Å². The van der Waals surface area contributed by atoms with E-state index in [2.05, 4.69) is 9.91 Å². The van der Waals surface area contributed by atoms with Crippen LogP contribution in [0.4, 0.5) is 18.9 Å². The van der Waals surface area contributed by atoms with Crippen molar-refractivity contribution in [1.82, 2.24) is 0 Å². The summed E-state index contributed by atoms with van der Waals surface area (Å²) in [6, 6.07) is 2.45. The molecule has 0 radical (unpaired) electrons. The Labute approximate surface area is 75.9 Å². The summed E-state index contributed by atoms with van der Waals surface area (Å²) >= 11 is 0. The third kappa shape index (κ3) is 2.61. The second-order valence-electron chi connectivity index (χ2n) is 2.29. The molecule has 0 heterocycles. The zero-order valence-corrected chi connectivity index (χ0v) is 6.58. The van der Waals surface area contributed by atoms with Crippen molar-refractivity contribution in [1.29, 1.82) is 0 Å². The first-order chi connectivity index (χ1) is 6.42. The van der Waals surface area contributed by atoms with E-state index < -0.39 is 23.5 Å². The average molecular weight is 207 g/mol. The Hall–Kier alpha value is -1.79. The van der Waals surface area contributed by atoms with Gasteiger partial charge in [-0.15, -0.1) is 18.1 Å². The van der Waals surface area contributed by atoms with Crippen LogP contribution in [-0.4, -0.2) is 11.5 Å². The summed E-state index contributed by atoms with van der Waals surface area (Å²) in [5, 5.41) is 11.2. The van der Waals surface area contributed by atoms with Gasteiger partial charge in [0, 0.05) is 6.07 Å². The highest BCUT2D eigenvalue weighted by molar-refractivity contribution is 5.54. The normalized spacial score (nSPS) is 11.1. The van der Waals surface area contributed by atoms with Gasteiger partial charge in [-0.1, -0.05) is 0 Å². The molecule has 0 aliphatic carbocycles. The Morgan fingerprint density at radius 1 is 1.36 bits per heavy atom. The number of phenols is 1. The van der Waals surface area contributed by atoms with E-state index in [0.717, 1.165) is 12.1 Å². The number of alkyl halides is 3. The molecular weight excluding hydrogens is 203 g/mol. The van der Waals surface area contributed by atoms with Gasteiger partial charge in [-0.25, -0.2) is 0 Å². The van der Waals surface area contributed by atoms with Crippen molar-refractivity contribution in [3.63, 3.8) is 0 Å². The summed E-state index contributed by atoms with van der Waals surface area (Å²) < 4.78 is 38.5. The number of nitrogens with zero attached hydrogens (tertiary/aromatic N) is 1. The lowest BCUT2D eigenvalue weighted by Crippen LogP contribution is -2.16. The van der Waals surface area contributed by atoms with Crippen LogP contribution < -0.4 is 4.74 Å². The van der Waals surface area contributed by atoms with Gasteiger partial charge in [0.2, 0.25) is 0 Å². The van der Waals surface area contributed by atoms with Crippen LogP contribution in [0.2, 0.25) is 0 Å². The highest BCUT2D eigenvalue weighted by Gasteiger charge is 2.31. The number of hydrogen-bond donors (Lipinski definition) is 1.